The van der Waals surface area contributed by atoms with Gasteiger partial charge in [0.15, 0.2) is 0 Å². The van der Waals surface area contributed by atoms with Crippen LogP contribution in [0.1, 0.15) is 25.7 Å². The number of rotatable bonds is 5. The Balaban J connectivity index is 2.13. The monoisotopic (exact) mass is 186 g/mol. The normalized spacial score (nSPS) is 19.2. The first-order valence-electron chi connectivity index (χ1n) is 4.79. The second-order valence-electron chi connectivity index (χ2n) is 3.52. The van der Waals surface area contributed by atoms with E-state index < -0.39 is 6.04 Å². The SMILES string of the molecule is COCCC(N)C(=O)NC1CCC1. The quantitative estimate of drug-likeness (QED) is 0.636. The van der Waals surface area contributed by atoms with E-state index in [1.54, 1.807) is 7.11 Å². The van der Waals surface area contributed by atoms with Crippen LogP contribution in [0.15, 0.2) is 0 Å². The number of ether oxygens (including phenoxy) is 1. The summed E-state index contributed by atoms with van der Waals surface area (Å²) in [5.41, 5.74) is 5.64. The maximum atomic E-state index is 11.4. The molecule has 4 heteroatoms. The summed E-state index contributed by atoms with van der Waals surface area (Å²) in [4.78, 5) is 11.4. The maximum Gasteiger partial charge on any atom is 0.237 e. The Morgan fingerprint density at radius 3 is 2.85 bits per heavy atom. The van der Waals surface area contributed by atoms with E-state index in [1.165, 1.54) is 6.42 Å². The van der Waals surface area contributed by atoms with Gasteiger partial charge in [0.2, 0.25) is 5.91 Å². The molecular formula is C9H18N2O2. The van der Waals surface area contributed by atoms with Gasteiger partial charge in [-0.1, -0.05) is 0 Å². The molecule has 0 radical (unpaired) electrons. The van der Waals surface area contributed by atoms with E-state index in [9.17, 15) is 4.79 Å². The minimum Gasteiger partial charge on any atom is -0.385 e. The Kier molecular flexibility index (Phi) is 4.18. The standard InChI is InChI=1S/C9H18N2O2/c1-13-6-5-8(10)9(12)11-7-3-2-4-7/h7-8H,2-6,10H2,1H3,(H,11,12). The minimum absolute atomic E-state index is 0.0400. The fraction of sp³-hybridized carbons (Fsp3) is 0.889. The molecule has 0 heterocycles. The molecule has 1 fully saturated rings. The van der Waals surface area contributed by atoms with Gasteiger partial charge in [-0.3, -0.25) is 4.79 Å². The molecule has 13 heavy (non-hydrogen) atoms. The Labute approximate surface area is 78.8 Å². The predicted octanol–water partition coefficient (Wildman–Crippen LogP) is 0.0189. The summed E-state index contributed by atoms with van der Waals surface area (Å²) < 4.78 is 4.85. The van der Waals surface area contributed by atoms with Crippen LogP contribution in [0.5, 0.6) is 0 Å². The lowest BCUT2D eigenvalue weighted by Gasteiger charge is -2.27. The average molecular weight is 186 g/mol. The van der Waals surface area contributed by atoms with Crippen molar-refractivity contribution in [3.63, 3.8) is 0 Å². The lowest BCUT2D eigenvalue weighted by Crippen LogP contribution is -2.48. The highest BCUT2D eigenvalue weighted by Crippen LogP contribution is 2.17. The number of carbonyl (C=O) groups is 1. The van der Waals surface area contributed by atoms with Gasteiger partial charge in [0.05, 0.1) is 6.04 Å². The zero-order valence-corrected chi connectivity index (χ0v) is 8.08. The van der Waals surface area contributed by atoms with Gasteiger partial charge in [-0.05, 0) is 25.7 Å². The third kappa shape index (κ3) is 3.32. The third-order valence-corrected chi connectivity index (χ3v) is 2.42. The first-order valence-corrected chi connectivity index (χ1v) is 4.79. The van der Waals surface area contributed by atoms with E-state index >= 15 is 0 Å². The van der Waals surface area contributed by atoms with Crippen LogP contribution in [0.25, 0.3) is 0 Å². The van der Waals surface area contributed by atoms with Gasteiger partial charge in [-0.15, -0.1) is 0 Å². The summed E-state index contributed by atoms with van der Waals surface area (Å²) in [5, 5.41) is 2.91. The Hall–Kier alpha value is -0.610. The van der Waals surface area contributed by atoms with E-state index in [4.69, 9.17) is 10.5 Å². The van der Waals surface area contributed by atoms with Crippen LogP contribution >= 0.6 is 0 Å². The number of nitrogens with one attached hydrogen (secondary N) is 1. The molecular weight excluding hydrogens is 168 g/mol. The Bertz CT molecular complexity index is 169. The largest absolute Gasteiger partial charge is 0.385 e. The molecule has 0 aromatic carbocycles. The maximum absolute atomic E-state index is 11.4. The van der Waals surface area contributed by atoms with Crippen LogP contribution in [-0.4, -0.2) is 31.7 Å². The molecule has 1 atom stereocenters. The summed E-state index contributed by atoms with van der Waals surface area (Å²) in [6.45, 7) is 0.541. The number of hydrogen-bond donors (Lipinski definition) is 2. The molecule has 0 saturated heterocycles. The van der Waals surface area contributed by atoms with Crippen LogP contribution in [0.2, 0.25) is 0 Å². The first kappa shape index (κ1) is 10.5. The summed E-state index contributed by atoms with van der Waals surface area (Å²) in [6.07, 6.45) is 4.01. The van der Waals surface area contributed by atoms with Gasteiger partial charge in [0, 0.05) is 19.8 Å². The molecule has 1 rings (SSSR count). The van der Waals surface area contributed by atoms with Gasteiger partial charge in [-0.25, -0.2) is 0 Å². The first-order chi connectivity index (χ1) is 6.24. The summed E-state index contributed by atoms with van der Waals surface area (Å²) in [5.74, 6) is -0.0400. The smallest absolute Gasteiger partial charge is 0.237 e. The van der Waals surface area contributed by atoms with Crippen LogP contribution in [0.4, 0.5) is 0 Å². The average Bonchev–Trinajstić information content (AvgIpc) is 2.06. The lowest BCUT2D eigenvalue weighted by atomic mass is 9.93. The molecule has 0 spiro atoms. The van der Waals surface area contributed by atoms with Crippen molar-refractivity contribution in [1.29, 1.82) is 0 Å². The van der Waals surface area contributed by atoms with Crippen molar-refractivity contribution in [2.75, 3.05) is 13.7 Å². The van der Waals surface area contributed by atoms with Gasteiger partial charge in [0.1, 0.15) is 0 Å². The molecule has 0 aromatic heterocycles. The highest BCUT2D eigenvalue weighted by Gasteiger charge is 2.22. The van der Waals surface area contributed by atoms with E-state index in [1.807, 2.05) is 0 Å². The molecule has 0 aromatic rings. The zero-order valence-electron chi connectivity index (χ0n) is 8.08. The summed E-state index contributed by atoms with van der Waals surface area (Å²) in [7, 11) is 1.61. The number of nitrogens with two attached hydrogens (primary N) is 1. The van der Waals surface area contributed by atoms with Crippen molar-refractivity contribution >= 4 is 5.91 Å². The molecule has 1 amide bonds. The van der Waals surface area contributed by atoms with E-state index in [-0.39, 0.29) is 5.91 Å². The molecule has 1 saturated carbocycles. The van der Waals surface area contributed by atoms with E-state index in [2.05, 4.69) is 5.32 Å². The highest BCUT2D eigenvalue weighted by atomic mass is 16.5. The van der Waals surface area contributed by atoms with Crippen molar-refractivity contribution < 1.29 is 9.53 Å². The van der Waals surface area contributed by atoms with Crippen LogP contribution in [-0.2, 0) is 9.53 Å². The van der Waals surface area contributed by atoms with Crippen LogP contribution < -0.4 is 11.1 Å². The van der Waals surface area contributed by atoms with E-state index in [0.717, 1.165) is 12.8 Å². The van der Waals surface area contributed by atoms with E-state index in [0.29, 0.717) is 19.1 Å². The fourth-order valence-corrected chi connectivity index (χ4v) is 1.24. The van der Waals surface area contributed by atoms with Crippen molar-refractivity contribution in [2.45, 2.75) is 37.8 Å². The van der Waals surface area contributed by atoms with Crippen molar-refractivity contribution in [3.05, 3.63) is 0 Å². The second kappa shape index (κ2) is 5.19. The molecule has 1 aliphatic carbocycles. The number of methoxy groups -OCH3 is 1. The van der Waals surface area contributed by atoms with Gasteiger partial charge >= 0.3 is 0 Å². The van der Waals surface area contributed by atoms with Crippen molar-refractivity contribution in [3.8, 4) is 0 Å². The predicted molar refractivity (Wildman–Crippen MR) is 50.3 cm³/mol. The topological polar surface area (TPSA) is 64.3 Å². The number of amides is 1. The minimum atomic E-state index is -0.416. The lowest BCUT2D eigenvalue weighted by molar-refractivity contribution is -0.124. The molecule has 1 aliphatic rings. The van der Waals surface area contributed by atoms with Crippen LogP contribution in [0.3, 0.4) is 0 Å². The molecule has 0 aliphatic heterocycles. The highest BCUT2D eigenvalue weighted by molar-refractivity contribution is 5.81. The Morgan fingerprint density at radius 2 is 2.38 bits per heavy atom. The number of carbonyl (C=O) groups excluding carboxylic acids is 1. The van der Waals surface area contributed by atoms with Gasteiger partial charge in [0.25, 0.3) is 0 Å². The Morgan fingerprint density at radius 1 is 1.69 bits per heavy atom. The van der Waals surface area contributed by atoms with Gasteiger partial charge < -0.3 is 15.8 Å². The summed E-state index contributed by atoms with van der Waals surface area (Å²) in [6, 6.07) is -0.0401. The second-order valence-corrected chi connectivity index (χ2v) is 3.52. The van der Waals surface area contributed by atoms with Crippen LogP contribution in [0, 0.1) is 0 Å². The molecule has 1 unspecified atom stereocenters. The molecule has 4 nitrogen and oxygen atoms in total. The van der Waals surface area contributed by atoms with Crippen molar-refractivity contribution in [1.82, 2.24) is 5.32 Å². The third-order valence-electron chi connectivity index (χ3n) is 2.42. The molecule has 76 valence electrons. The van der Waals surface area contributed by atoms with Crippen molar-refractivity contribution in [2.24, 2.45) is 5.73 Å². The molecule has 3 N–H and O–H groups in total. The zero-order chi connectivity index (χ0) is 9.68. The molecule has 0 bridgehead atoms. The number of hydrogen-bond acceptors (Lipinski definition) is 3. The fourth-order valence-electron chi connectivity index (χ4n) is 1.24. The summed E-state index contributed by atoms with van der Waals surface area (Å²) >= 11 is 0. The van der Waals surface area contributed by atoms with Gasteiger partial charge in [-0.2, -0.15) is 0 Å².